The lowest BCUT2D eigenvalue weighted by Gasteiger charge is -2.16. The van der Waals surface area contributed by atoms with Crippen LogP contribution in [-0.2, 0) is 4.74 Å². The number of methoxy groups -OCH3 is 1. The van der Waals surface area contributed by atoms with Gasteiger partial charge in [-0.1, -0.05) is 0 Å². The molecule has 0 heterocycles. The molecule has 0 radical (unpaired) electrons. The summed E-state index contributed by atoms with van der Waals surface area (Å²) >= 11 is 5.09. The predicted octanol–water partition coefficient (Wildman–Crippen LogP) is 2.15. The van der Waals surface area contributed by atoms with Crippen molar-refractivity contribution in [3.05, 3.63) is 30.1 Å². The number of anilines is 1. The van der Waals surface area contributed by atoms with E-state index in [-0.39, 0.29) is 11.9 Å². The highest BCUT2D eigenvalue weighted by Gasteiger charge is 2.03. The Balaban J connectivity index is 2.42. The van der Waals surface area contributed by atoms with E-state index in [0.29, 0.717) is 11.7 Å². The molecule has 5 heteroatoms. The molecule has 0 aliphatic carbocycles. The maximum absolute atomic E-state index is 12.6. The summed E-state index contributed by atoms with van der Waals surface area (Å²) < 4.78 is 17.6. The summed E-state index contributed by atoms with van der Waals surface area (Å²) in [5, 5.41) is 6.50. The average molecular weight is 242 g/mol. The normalized spacial score (nSPS) is 11.9. The third-order valence-electron chi connectivity index (χ3n) is 1.90. The Morgan fingerprint density at radius 1 is 1.44 bits per heavy atom. The number of benzene rings is 1. The lowest BCUT2D eigenvalue weighted by atomic mass is 10.3. The molecule has 1 aromatic rings. The maximum atomic E-state index is 12.6. The van der Waals surface area contributed by atoms with Crippen LogP contribution < -0.4 is 10.6 Å². The molecule has 0 spiro atoms. The van der Waals surface area contributed by atoms with Gasteiger partial charge in [0.25, 0.3) is 0 Å². The van der Waals surface area contributed by atoms with Crippen LogP contribution in [0.1, 0.15) is 6.92 Å². The first kappa shape index (κ1) is 12.9. The standard InChI is InChI=1S/C11H15FN2OS/c1-8(7-15-2)13-11(16)14-10-5-3-9(12)4-6-10/h3-6,8H,7H2,1-2H3,(H2,13,14,16)/t8-/m1/s1. The summed E-state index contributed by atoms with van der Waals surface area (Å²) in [6, 6.07) is 6.15. The first-order chi connectivity index (χ1) is 7.61. The van der Waals surface area contributed by atoms with Gasteiger partial charge in [-0.25, -0.2) is 4.39 Å². The Morgan fingerprint density at radius 2 is 2.06 bits per heavy atom. The van der Waals surface area contributed by atoms with Crippen LogP contribution in [0.5, 0.6) is 0 Å². The number of halogens is 1. The Hall–Kier alpha value is -1.20. The largest absolute Gasteiger partial charge is 0.383 e. The minimum atomic E-state index is -0.267. The molecular weight excluding hydrogens is 227 g/mol. The highest BCUT2D eigenvalue weighted by molar-refractivity contribution is 7.80. The first-order valence-corrected chi connectivity index (χ1v) is 5.34. The van der Waals surface area contributed by atoms with Gasteiger partial charge in [-0.05, 0) is 43.4 Å². The zero-order chi connectivity index (χ0) is 12.0. The fourth-order valence-electron chi connectivity index (χ4n) is 1.22. The molecule has 1 aromatic carbocycles. The van der Waals surface area contributed by atoms with Gasteiger partial charge in [0, 0.05) is 18.8 Å². The van der Waals surface area contributed by atoms with Gasteiger partial charge >= 0.3 is 0 Å². The van der Waals surface area contributed by atoms with E-state index in [2.05, 4.69) is 10.6 Å². The van der Waals surface area contributed by atoms with Crippen LogP contribution >= 0.6 is 12.2 Å². The fourth-order valence-corrected chi connectivity index (χ4v) is 1.53. The van der Waals surface area contributed by atoms with Gasteiger partial charge in [0.15, 0.2) is 5.11 Å². The van der Waals surface area contributed by atoms with E-state index in [4.69, 9.17) is 17.0 Å². The number of nitrogens with one attached hydrogen (secondary N) is 2. The van der Waals surface area contributed by atoms with E-state index in [0.717, 1.165) is 5.69 Å². The van der Waals surface area contributed by atoms with E-state index >= 15 is 0 Å². The lowest BCUT2D eigenvalue weighted by Crippen LogP contribution is -2.38. The second-order valence-electron chi connectivity index (χ2n) is 3.46. The molecule has 2 N–H and O–H groups in total. The van der Waals surface area contributed by atoms with Gasteiger partial charge < -0.3 is 15.4 Å². The molecule has 0 aliphatic rings. The third-order valence-corrected chi connectivity index (χ3v) is 2.12. The van der Waals surface area contributed by atoms with Gasteiger partial charge in [0.1, 0.15) is 5.82 Å². The average Bonchev–Trinajstić information content (AvgIpc) is 2.21. The summed E-state index contributed by atoms with van der Waals surface area (Å²) in [6.45, 7) is 2.54. The van der Waals surface area contributed by atoms with Gasteiger partial charge in [-0.2, -0.15) is 0 Å². The molecule has 1 rings (SSSR count). The molecule has 88 valence electrons. The van der Waals surface area contributed by atoms with Crippen LogP contribution in [-0.4, -0.2) is 24.9 Å². The van der Waals surface area contributed by atoms with Crippen LogP contribution in [0, 0.1) is 5.82 Å². The molecule has 0 fully saturated rings. The van der Waals surface area contributed by atoms with Crippen LogP contribution in [0.15, 0.2) is 24.3 Å². The number of hydrogen-bond donors (Lipinski definition) is 2. The molecule has 0 unspecified atom stereocenters. The minimum Gasteiger partial charge on any atom is -0.383 e. The molecule has 0 amide bonds. The van der Waals surface area contributed by atoms with E-state index in [1.54, 1.807) is 19.2 Å². The second kappa shape index (κ2) is 6.40. The van der Waals surface area contributed by atoms with Crippen molar-refractivity contribution in [2.75, 3.05) is 19.0 Å². The second-order valence-corrected chi connectivity index (χ2v) is 3.87. The SMILES string of the molecule is COC[C@@H](C)NC(=S)Nc1ccc(F)cc1. The Kier molecular flexibility index (Phi) is 5.14. The van der Waals surface area contributed by atoms with Gasteiger partial charge in [0.2, 0.25) is 0 Å². The Morgan fingerprint density at radius 3 is 2.62 bits per heavy atom. The quantitative estimate of drug-likeness (QED) is 0.793. The van der Waals surface area contributed by atoms with Crippen molar-refractivity contribution in [2.24, 2.45) is 0 Å². The minimum absolute atomic E-state index is 0.130. The summed E-state index contributed by atoms with van der Waals surface area (Å²) in [5.74, 6) is -0.267. The first-order valence-electron chi connectivity index (χ1n) is 4.94. The molecule has 0 saturated carbocycles. The van der Waals surface area contributed by atoms with Crippen molar-refractivity contribution in [1.29, 1.82) is 0 Å². The van der Waals surface area contributed by atoms with E-state index in [9.17, 15) is 4.39 Å². The topological polar surface area (TPSA) is 33.3 Å². The Bertz CT molecular complexity index is 342. The van der Waals surface area contributed by atoms with Gasteiger partial charge in [-0.3, -0.25) is 0 Å². The zero-order valence-electron chi connectivity index (χ0n) is 9.29. The highest BCUT2D eigenvalue weighted by atomic mass is 32.1. The molecule has 0 aliphatic heterocycles. The molecule has 0 saturated heterocycles. The highest BCUT2D eigenvalue weighted by Crippen LogP contribution is 2.07. The zero-order valence-corrected chi connectivity index (χ0v) is 10.1. The van der Waals surface area contributed by atoms with Gasteiger partial charge in [0.05, 0.1) is 6.61 Å². The summed E-state index contributed by atoms with van der Waals surface area (Å²) in [6.07, 6.45) is 0. The molecule has 0 aromatic heterocycles. The van der Waals surface area contributed by atoms with Crippen molar-refractivity contribution < 1.29 is 9.13 Å². The van der Waals surface area contributed by atoms with Gasteiger partial charge in [-0.15, -0.1) is 0 Å². The molecule has 0 bridgehead atoms. The fraction of sp³-hybridized carbons (Fsp3) is 0.364. The molecule has 3 nitrogen and oxygen atoms in total. The molecule has 1 atom stereocenters. The van der Waals surface area contributed by atoms with Crippen molar-refractivity contribution in [2.45, 2.75) is 13.0 Å². The lowest BCUT2D eigenvalue weighted by molar-refractivity contribution is 0.179. The van der Waals surface area contributed by atoms with Crippen molar-refractivity contribution >= 4 is 23.0 Å². The maximum Gasteiger partial charge on any atom is 0.171 e. The molecule has 16 heavy (non-hydrogen) atoms. The van der Waals surface area contributed by atoms with Crippen LogP contribution in [0.4, 0.5) is 10.1 Å². The number of ether oxygens (including phenoxy) is 1. The van der Waals surface area contributed by atoms with Crippen molar-refractivity contribution in [3.63, 3.8) is 0 Å². The number of hydrogen-bond acceptors (Lipinski definition) is 2. The summed E-state index contributed by atoms with van der Waals surface area (Å²) in [7, 11) is 1.63. The monoisotopic (exact) mass is 242 g/mol. The predicted molar refractivity (Wildman–Crippen MR) is 67.1 cm³/mol. The van der Waals surface area contributed by atoms with Crippen molar-refractivity contribution in [1.82, 2.24) is 5.32 Å². The Labute approximate surface area is 100.0 Å². The summed E-state index contributed by atoms with van der Waals surface area (Å²) in [5.41, 5.74) is 0.753. The van der Waals surface area contributed by atoms with E-state index in [1.165, 1.54) is 12.1 Å². The smallest absolute Gasteiger partial charge is 0.171 e. The van der Waals surface area contributed by atoms with Crippen LogP contribution in [0.25, 0.3) is 0 Å². The van der Waals surface area contributed by atoms with Crippen LogP contribution in [0.2, 0.25) is 0 Å². The van der Waals surface area contributed by atoms with Crippen molar-refractivity contribution in [3.8, 4) is 0 Å². The van der Waals surface area contributed by atoms with E-state index in [1.807, 2.05) is 6.92 Å². The summed E-state index contributed by atoms with van der Waals surface area (Å²) in [4.78, 5) is 0. The molecular formula is C11H15FN2OS. The number of rotatable bonds is 4. The van der Waals surface area contributed by atoms with Crippen LogP contribution in [0.3, 0.4) is 0 Å². The van der Waals surface area contributed by atoms with E-state index < -0.39 is 0 Å². The third kappa shape index (κ3) is 4.55. The number of thiocarbonyl (C=S) groups is 1.